The standard InChI is InChI=1S/C2H5.CH2O3.La/c1-2;2-1(3)4;/h1H2,2H3;(H2,2,3,4);/q-1;;+3/p-2. The van der Waals surface area contributed by atoms with Gasteiger partial charge in [0.2, 0.25) is 0 Å². The van der Waals surface area contributed by atoms with Crippen molar-refractivity contribution < 1.29 is 50.6 Å². The number of carbonyl (C=O) groups excluding carboxylic acids is 1. The number of hydrogen-bond donors (Lipinski definition) is 0. The Kier molecular flexibility index (Phi) is 36.0. The summed E-state index contributed by atoms with van der Waals surface area (Å²) in [5.74, 6) is 0. The van der Waals surface area contributed by atoms with E-state index < -0.39 is 6.16 Å². The summed E-state index contributed by atoms with van der Waals surface area (Å²) in [7, 11) is 0. The quantitative estimate of drug-likeness (QED) is 0.468. The van der Waals surface area contributed by atoms with E-state index in [1.54, 1.807) is 6.92 Å². The average molecular weight is 228 g/mol. The van der Waals surface area contributed by atoms with Crippen LogP contribution in [0.15, 0.2) is 0 Å². The van der Waals surface area contributed by atoms with Crippen molar-refractivity contribution in [3.8, 4) is 0 Å². The SMILES string of the molecule is O=C([O-])[O-].[CH2-]C.[La+3]. The molecule has 0 spiro atoms. The molecule has 0 unspecified atom stereocenters. The number of hydrogen-bond acceptors (Lipinski definition) is 3. The van der Waals surface area contributed by atoms with E-state index in [0.29, 0.717) is 0 Å². The molecule has 0 saturated heterocycles. The number of rotatable bonds is 0. The van der Waals surface area contributed by atoms with Gasteiger partial charge in [-0.15, -0.1) is 0 Å². The molecule has 0 aliphatic carbocycles. The van der Waals surface area contributed by atoms with Crippen molar-refractivity contribution in [1.82, 2.24) is 0 Å². The van der Waals surface area contributed by atoms with E-state index in [1.165, 1.54) is 0 Å². The van der Waals surface area contributed by atoms with Crippen LogP contribution in [0.5, 0.6) is 0 Å². The van der Waals surface area contributed by atoms with Gasteiger partial charge in [0.1, 0.15) is 0 Å². The Bertz CT molecular complexity index is 33.2. The Morgan fingerprint density at radius 2 is 1.43 bits per heavy atom. The van der Waals surface area contributed by atoms with Crippen molar-refractivity contribution in [2.24, 2.45) is 0 Å². The summed E-state index contributed by atoms with van der Waals surface area (Å²) in [6, 6.07) is 0. The maximum atomic E-state index is 8.33. The minimum absolute atomic E-state index is 0. The van der Waals surface area contributed by atoms with Crippen LogP contribution in [-0.4, -0.2) is 6.16 Å². The van der Waals surface area contributed by atoms with Crippen molar-refractivity contribution in [3.05, 3.63) is 6.92 Å². The molecule has 0 aromatic rings. The average Bonchev–Trinajstić information content (AvgIpc) is 1.41. The van der Waals surface area contributed by atoms with E-state index in [-0.39, 0.29) is 35.6 Å². The van der Waals surface area contributed by atoms with Gasteiger partial charge in [0.25, 0.3) is 0 Å². The summed E-state index contributed by atoms with van der Waals surface area (Å²) in [4.78, 5) is 8.33. The molecule has 0 amide bonds. The summed E-state index contributed by atoms with van der Waals surface area (Å²) < 4.78 is 0. The fraction of sp³-hybridized carbons (Fsp3) is 0.333. The fourth-order valence-corrected chi connectivity index (χ4v) is 0. The first-order valence-corrected chi connectivity index (χ1v) is 1.32. The predicted molar refractivity (Wildman–Crippen MR) is 16.4 cm³/mol. The van der Waals surface area contributed by atoms with Crippen molar-refractivity contribution in [2.75, 3.05) is 0 Å². The molecule has 0 saturated carbocycles. The largest absolute Gasteiger partial charge is 3.00 e. The Morgan fingerprint density at radius 3 is 1.43 bits per heavy atom. The Labute approximate surface area is 70.3 Å². The molecular formula is C3H5LaO3. The molecule has 0 fully saturated rings. The van der Waals surface area contributed by atoms with Crippen LogP contribution < -0.4 is 10.2 Å². The van der Waals surface area contributed by atoms with Gasteiger partial charge in [-0.1, -0.05) is 0 Å². The van der Waals surface area contributed by atoms with E-state index in [2.05, 4.69) is 6.92 Å². The van der Waals surface area contributed by atoms with Crippen molar-refractivity contribution >= 4 is 6.16 Å². The molecule has 0 aliphatic rings. The van der Waals surface area contributed by atoms with Crippen LogP contribution in [-0.2, 0) is 0 Å². The second kappa shape index (κ2) is 16.1. The third-order valence-electron chi connectivity index (χ3n) is 0. The van der Waals surface area contributed by atoms with Gasteiger partial charge in [0, 0.05) is 0 Å². The molecule has 0 radical (unpaired) electrons. The van der Waals surface area contributed by atoms with Crippen molar-refractivity contribution in [3.63, 3.8) is 0 Å². The molecule has 0 aliphatic heterocycles. The number of carboxylic acid groups (broad SMARTS) is 2. The number of carbonyl (C=O) groups is 1. The molecule has 4 heteroatoms. The van der Waals surface area contributed by atoms with E-state index in [9.17, 15) is 0 Å². The zero-order valence-electron chi connectivity index (χ0n) is 4.01. The molecular weight excluding hydrogens is 223 g/mol. The van der Waals surface area contributed by atoms with Crippen molar-refractivity contribution in [2.45, 2.75) is 6.92 Å². The van der Waals surface area contributed by atoms with Crippen LogP contribution in [0.25, 0.3) is 0 Å². The summed E-state index contributed by atoms with van der Waals surface area (Å²) in [6.07, 6.45) is -2.33. The first-order chi connectivity index (χ1) is 2.73. The summed E-state index contributed by atoms with van der Waals surface area (Å²) in [6.45, 7) is 5.00. The Hall–Kier alpha value is 0.465. The first-order valence-electron chi connectivity index (χ1n) is 1.32. The van der Waals surface area contributed by atoms with Gasteiger partial charge in [-0.2, -0.15) is 6.92 Å². The monoisotopic (exact) mass is 228 g/mol. The van der Waals surface area contributed by atoms with E-state index in [4.69, 9.17) is 15.0 Å². The summed E-state index contributed by atoms with van der Waals surface area (Å²) in [5.41, 5.74) is 0. The van der Waals surface area contributed by atoms with E-state index in [1.807, 2.05) is 0 Å². The minimum Gasteiger partial charge on any atom is -0.652 e. The van der Waals surface area contributed by atoms with E-state index in [0.717, 1.165) is 0 Å². The molecule has 0 heterocycles. The van der Waals surface area contributed by atoms with Crippen LogP contribution >= 0.6 is 0 Å². The van der Waals surface area contributed by atoms with Crippen LogP contribution in [0.2, 0.25) is 0 Å². The van der Waals surface area contributed by atoms with Gasteiger partial charge < -0.3 is 21.9 Å². The molecule has 0 bridgehead atoms. The van der Waals surface area contributed by atoms with E-state index >= 15 is 0 Å². The maximum Gasteiger partial charge on any atom is 3.00 e. The zero-order chi connectivity index (χ0) is 5.58. The van der Waals surface area contributed by atoms with Gasteiger partial charge in [-0.25, -0.2) is 0 Å². The van der Waals surface area contributed by atoms with Gasteiger partial charge >= 0.3 is 35.6 Å². The normalized spacial score (nSPS) is 4.29. The topological polar surface area (TPSA) is 63.2 Å². The molecule has 38 valence electrons. The molecule has 0 aromatic carbocycles. The fourth-order valence-electron chi connectivity index (χ4n) is 0. The van der Waals surface area contributed by atoms with Crippen LogP contribution in [0.4, 0.5) is 4.79 Å². The van der Waals surface area contributed by atoms with Gasteiger partial charge in [0.15, 0.2) is 0 Å². The molecule has 0 rings (SSSR count). The van der Waals surface area contributed by atoms with Gasteiger partial charge in [-0.05, 0) is 6.16 Å². The van der Waals surface area contributed by atoms with Crippen molar-refractivity contribution in [1.29, 1.82) is 0 Å². The molecule has 0 N–H and O–H groups in total. The van der Waals surface area contributed by atoms with Crippen LogP contribution in [0, 0.1) is 42.5 Å². The first kappa shape index (κ1) is 15.7. The second-order valence-corrected chi connectivity index (χ2v) is 0.250. The predicted octanol–water partition coefficient (Wildman–Crippen LogP) is -1.61. The second-order valence-electron chi connectivity index (χ2n) is 0.250. The summed E-state index contributed by atoms with van der Waals surface area (Å²) in [5, 5.41) is 16.7. The maximum absolute atomic E-state index is 8.33. The smallest absolute Gasteiger partial charge is 0.652 e. The third kappa shape index (κ3) is 597. The van der Waals surface area contributed by atoms with Crippen LogP contribution in [0.3, 0.4) is 0 Å². The minimum atomic E-state index is -2.33. The Morgan fingerprint density at radius 1 is 1.43 bits per heavy atom. The molecule has 7 heavy (non-hydrogen) atoms. The Balaban J connectivity index is -0.0000000480. The third-order valence-corrected chi connectivity index (χ3v) is 0. The van der Waals surface area contributed by atoms with Gasteiger partial charge in [-0.3, -0.25) is 0 Å². The molecule has 0 atom stereocenters. The zero-order valence-corrected chi connectivity index (χ0v) is 7.64. The molecule has 3 nitrogen and oxygen atoms in total. The summed E-state index contributed by atoms with van der Waals surface area (Å²) >= 11 is 0. The van der Waals surface area contributed by atoms with Gasteiger partial charge in [0.05, 0.1) is 0 Å². The van der Waals surface area contributed by atoms with Crippen LogP contribution in [0.1, 0.15) is 6.92 Å². The molecule has 0 aromatic heterocycles.